The Labute approximate surface area is 122 Å². The number of aliphatic hydroxyl groups is 1. The van der Waals surface area contributed by atoms with Crippen LogP contribution in [0.3, 0.4) is 0 Å². The molecule has 3 heterocycles. The van der Waals surface area contributed by atoms with Crippen LogP contribution in [-0.2, 0) is 0 Å². The number of ether oxygens (including phenoxy) is 1. The molecule has 2 N–H and O–H groups in total. The minimum absolute atomic E-state index is 0.0451. The van der Waals surface area contributed by atoms with Gasteiger partial charge in [0.15, 0.2) is 5.82 Å². The second kappa shape index (κ2) is 5.13. The number of hydrogen-bond acceptors (Lipinski definition) is 6. The summed E-state index contributed by atoms with van der Waals surface area (Å²) in [5.74, 6) is 2.27. The Kier molecular flexibility index (Phi) is 3.12. The summed E-state index contributed by atoms with van der Waals surface area (Å²) >= 11 is 0. The monoisotopic (exact) mass is 287 g/mol. The Bertz CT molecular complexity index is 643. The lowest BCUT2D eigenvalue weighted by Gasteiger charge is -2.23. The minimum atomic E-state index is -0.339. The molecule has 2 aromatic rings. The van der Waals surface area contributed by atoms with E-state index in [0.717, 1.165) is 17.7 Å². The number of para-hydroxylation sites is 1. The molecular weight excluding hydrogens is 270 g/mol. The average molecular weight is 287 g/mol. The Morgan fingerprint density at radius 2 is 2.19 bits per heavy atom. The van der Waals surface area contributed by atoms with Gasteiger partial charge in [-0.15, -0.1) is 0 Å². The summed E-state index contributed by atoms with van der Waals surface area (Å²) in [5, 5.41) is 16.9. The third kappa shape index (κ3) is 2.30. The fourth-order valence-electron chi connectivity index (χ4n) is 3.05. The topological polar surface area (TPSA) is 80.4 Å². The first-order valence-electron chi connectivity index (χ1n) is 7.28. The third-order valence-corrected chi connectivity index (χ3v) is 4.13. The smallest absolute Gasteiger partial charge is 0.243 e. The van der Waals surface area contributed by atoms with Gasteiger partial charge in [-0.2, -0.15) is 4.98 Å². The molecule has 1 saturated heterocycles. The van der Waals surface area contributed by atoms with Gasteiger partial charge in [0.1, 0.15) is 5.75 Å². The Morgan fingerprint density at radius 1 is 1.29 bits per heavy atom. The number of rotatable bonds is 2. The molecular formula is C15H17N3O3. The Balaban J connectivity index is 1.62. The number of benzene rings is 1. The summed E-state index contributed by atoms with van der Waals surface area (Å²) in [6, 6.07) is 7.93. The summed E-state index contributed by atoms with van der Waals surface area (Å²) < 4.78 is 11.1. The first-order valence-corrected chi connectivity index (χ1v) is 7.28. The number of nitrogens with one attached hydrogen (secondary N) is 1. The van der Waals surface area contributed by atoms with Crippen molar-refractivity contribution in [3.05, 3.63) is 41.5 Å². The second-order valence-electron chi connectivity index (χ2n) is 5.57. The van der Waals surface area contributed by atoms with Crippen LogP contribution in [0.25, 0.3) is 0 Å². The van der Waals surface area contributed by atoms with E-state index in [1.165, 1.54) is 0 Å². The van der Waals surface area contributed by atoms with E-state index in [1.54, 1.807) is 0 Å². The molecule has 1 fully saturated rings. The molecule has 21 heavy (non-hydrogen) atoms. The summed E-state index contributed by atoms with van der Waals surface area (Å²) in [5.41, 5.74) is 1.11. The quantitative estimate of drug-likeness (QED) is 0.868. The van der Waals surface area contributed by atoms with Gasteiger partial charge in [-0.05, 0) is 18.9 Å². The number of aliphatic hydroxyl groups excluding tert-OH is 1. The molecule has 1 aromatic carbocycles. The van der Waals surface area contributed by atoms with E-state index in [9.17, 15) is 5.11 Å². The summed E-state index contributed by atoms with van der Waals surface area (Å²) in [7, 11) is 0. The van der Waals surface area contributed by atoms with Crippen molar-refractivity contribution in [3.63, 3.8) is 0 Å². The summed E-state index contributed by atoms with van der Waals surface area (Å²) in [6.07, 6.45) is 1.12. The first-order chi connectivity index (χ1) is 10.3. The molecule has 110 valence electrons. The summed E-state index contributed by atoms with van der Waals surface area (Å²) in [6.45, 7) is 1.23. The molecule has 2 aliphatic heterocycles. The summed E-state index contributed by atoms with van der Waals surface area (Å²) in [4.78, 5) is 4.54. The van der Waals surface area contributed by atoms with Crippen molar-refractivity contribution in [1.82, 2.24) is 15.5 Å². The van der Waals surface area contributed by atoms with Crippen LogP contribution in [0, 0.1) is 0 Å². The Morgan fingerprint density at radius 3 is 3.05 bits per heavy atom. The van der Waals surface area contributed by atoms with Crippen molar-refractivity contribution in [3.8, 4) is 5.75 Å². The second-order valence-corrected chi connectivity index (χ2v) is 5.57. The zero-order valence-corrected chi connectivity index (χ0v) is 11.5. The van der Waals surface area contributed by atoms with Crippen molar-refractivity contribution >= 4 is 0 Å². The van der Waals surface area contributed by atoms with Gasteiger partial charge in [-0.25, -0.2) is 0 Å². The van der Waals surface area contributed by atoms with Crippen LogP contribution in [-0.4, -0.2) is 34.5 Å². The van der Waals surface area contributed by atoms with Crippen LogP contribution in [0.15, 0.2) is 28.8 Å². The lowest BCUT2D eigenvalue weighted by Crippen LogP contribution is -2.17. The highest BCUT2D eigenvalue weighted by Crippen LogP contribution is 2.37. The molecule has 4 rings (SSSR count). The van der Waals surface area contributed by atoms with Crippen LogP contribution in [0.4, 0.5) is 0 Å². The average Bonchev–Trinajstić information content (AvgIpc) is 3.15. The maximum Gasteiger partial charge on any atom is 0.243 e. The van der Waals surface area contributed by atoms with Crippen LogP contribution < -0.4 is 10.1 Å². The molecule has 0 aliphatic carbocycles. The van der Waals surface area contributed by atoms with E-state index in [-0.39, 0.29) is 18.1 Å². The van der Waals surface area contributed by atoms with Crippen molar-refractivity contribution in [2.45, 2.75) is 30.9 Å². The van der Waals surface area contributed by atoms with Gasteiger partial charge in [0.25, 0.3) is 0 Å². The third-order valence-electron chi connectivity index (χ3n) is 4.13. The normalized spacial score (nSPS) is 28.1. The molecule has 1 aromatic heterocycles. The van der Waals surface area contributed by atoms with E-state index in [0.29, 0.717) is 31.3 Å². The zero-order valence-electron chi connectivity index (χ0n) is 11.5. The molecule has 3 atom stereocenters. The molecule has 0 amide bonds. The van der Waals surface area contributed by atoms with E-state index in [2.05, 4.69) is 15.5 Å². The molecule has 2 unspecified atom stereocenters. The predicted octanol–water partition coefficient (Wildman–Crippen LogP) is 1.38. The largest absolute Gasteiger partial charge is 0.493 e. The number of β-amino-alcohol motifs (C(OH)–C–C–N with tert-alkyl or cyclic N) is 1. The number of nitrogens with zero attached hydrogens (tertiary/aromatic N) is 2. The zero-order chi connectivity index (χ0) is 14.2. The van der Waals surface area contributed by atoms with E-state index >= 15 is 0 Å². The SMILES string of the molecule is OC1CN[C@H](c2nc(C3CCOc4ccccc43)no2)C1. The maximum absolute atomic E-state index is 9.58. The molecule has 2 aliphatic rings. The molecule has 0 saturated carbocycles. The fourth-order valence-corrected chi connectivity index (χ4v) is 3.05. The number of hydrogen-bond donors (Lipinski definition) is 2. The van der Waals surface area contributed by atoms with Gasteiger partial charge in [0.05, 0.1) is 24.7 Å². The fraction of sp³-hybridized carbons (Fsp3) is 0.467. The van der Waals surface area contributed by atoms with Crippen LogP contribution in [0.5, 0.6) is 5.75 Å². The van der Waals surface area contributed by atoms with Crippen LogP contribution >= 0.6 is 0 Å². The van der Waals surface area contributed by atoms with Gasteiger partial charge < -0.3 is 19.7 Å². The standard InChI is InChI=1S/C15H17N3O3/c19-9-7-12(16-8-9)15-17-14(18-21-15)11-5-6-20-13-4-2-1-3-10(11)13/h1-4,9,11-12,16,19H,5-8H2/t9?,11?,12-/m0/s1. The van der Waals surface area contributed by atoms with Crippen molar-refractivity contribution < 1.29 is 14.4 Å². The van der Waals surface area contributed by atoms with Gasteiger partial charge in [-0.3, -0.25) is 0 Å². The van der Waals surface area contributed by atoms with Gasteiger partial charge in [-0.1, -0.05) is 23.4 Å². The Hall–Kier alpha value is -1.92. The highest BCUT2D eigenvalue weighted by molar-refractivity contribution is 5.40. The molecule has 6 heteroatoms. The van der Waals surface area contributed by atoms with Crippen molar-refractivity contribution in [2.24, 2.45) is 0 Å². The molecule has 0 spiro atoms. The number of fused-ring (bicyclic) bond motifs is 1. The first kappa shape index (κ1) is 12.8. The highest BCUT2D eigenvalue weighted by Gasteiger charge is 2.31. The lowest BCUT2D eigenvalue weighted by molar-refractivity contribution is 0.191. The lowest BCUT2D eigenvalue weighted by atomic mass is 9.92. The van der Waals surface area contributed by atoms with Crippen molar-refractivity contribution in [2.75, 3.05) is 13.2 Å². The minimum Gasteiger partial charge on any atom is -0.493 e. The number of aromatic nitrogens is 2. The van der Waals surface area contributed by atoms with Crippen LogP contribution in [0.1, 0.15) is 42.1 Å². The van der Waals surface area contributed by atoms with Gasteiger partial charge in [0, 0.05) is 12.1 Å². The highest BCUT2D eigenvalue weighted by atomic mass is 16.5. The van der Waals surface area contributed by atoms with Gasteiger partial charge >= 0.3 is 0 Å². The van der Waals surface area contributed by atoms with E-state index in [1.807, 2.05) is 24.3 Å². The molecule has 0 bridgehead atoms. The predicted molar refractivity (Wildman–Crippen MR) is 74.1 cm³/mol. The maximum atomic E-state index is 9.58. The molecule has 6 nitrogen and oxygen atoms in total. The van der Waals surface area contributed by atoms with Gasteiger partial charge in [0.2, 0.25) is 5.89 Å². The van der Waals surface area contributed by atoms with Crippen LogP contribution in [0.2, 0.25) is 0 Å². The molecule has 0 radical (unpaired) electrons. The van der Waals surface area contributed by atoms with E-state index < -0.39 is 0 Å². The van der Waals surface area contributed by atoms with E-state index in [4.69, 9.17) is 9.26 Å². The van der Waals surface area contributed by atoms with Crippen molar-refractivity contribution in [1.29, 1.82) is 0 Å².